The van der Waals surface area contributed by atoms with E-state index >= 15 is 0 Å². The highest BCUT2D eigenvalue weighted by molar-refractivity contribution is 7.98. The van der Waals surface area contributed by atoms with Gasteiger partial charge in [-0.25, -0.2) is 4.98 Å². The lowest BCUT2D eigenvalue weighted by atomic mass is 10.1. The number of carbonyl (C=O) groups excluding carboxylic acids is 1. The second-order valence-electron chi connectivity index (χ2n) is 8.19. The Bertz CT molecular complexity index is 1220. The highest BCUT2D eigenvalue weighted by atomic mass is 32.2. The number of carbonyl (C=O) groups is 1. The van der Waals surface area contributed by atoms with Crippen LogP contribution in [0.5, 0.6) is 5.75 Å². The predicted molar refractivity (Wildman–Crippen MR) is 136 cm³/mol. The second-order valence-corrected chi connectivity index (χ2v) is 9.24. The molecule has 1 heterocycles. The molecule has 1 N–H and O–H groups in total. The summed E-state index contributed by atoms with van der Waals surface area (Å²) in [5, 5.41) is 2.96. The fourth-order valence-electron chi connectivity index (χ4n) is 3.36. The van der Waals surface area contributed by atoms with Gasteiger partial charge in [-0.05, 0) is 74.9 Å². The van der Waals surface area contributed by atoms with Gasteiger partial charge in [0.1, 0.15) is 11.5 Å². The molecular weight excluding hydrogens is 444 g/mol. The third kappa shape index (κ3) is 6.29. The highest BCUT2D eigenvalue weighted by Gasteiger charge is 2.13. The molecule has 0 spiro atoms. The van der Waals surface area contributed by atoms with Crippen LogP contribution in [0.25, 0.3) is 11.5 Å². The van der Waals surface area contributed by atoms with Crippen molar-refractivity contribution in [3.05, 3.63) is 101 Å². The van der Waals surface area contributed by atoms with E-state index in [0.717, 1.165) is 34.1 Å². The van der Waals surface area contributed by atoms with Crippen molar-refractivity contribution in [2.45, 2.75) is 44.1 Å². The first kappa shape index (κ1) is 23.6. The van der Waals surface area contributed by atoms with Crippen LogP contribution < -0.4 is 10.1 Å². The summed E-state index contributed by atoms with van der Waals surface area (Å²) in [6, 6.07) is 25.3. The van der Waals surface area contributed by atoms with Crippen LogP contribution in [-0.2, 0) is 12.3 Å². The summed E-state index contributed by atoms with van der Waals surface area (Å²) in [7, 11) is 0. The Hall–Kier alpha value is -3.51. The lowest BCUT2D eigenvalue weighted by Gasteiger charge is -2.10. The topological polar surface area (TPSA) is 64.4 Å². The first-order valence-corrected chi connectivity index (χ1v) is 12.2. The Morgan fingerprint density at radius 3 is 2.38 bits per heavy atom. The number of amides is 1. The molecule has 1 amide bonds. The maximum Gasteiger partial charge on any atom is 0.251 e. The van der Waals surface area contributed by atoms with Crippen molar-refractivity contribution in [1.82, 2.24) is 10.3 Å². The molecule has 6 heteroatoms. The van der Waals surface area contributed by atoms with Gasteiger partial charge in [0.2, 0.25) is 5.89 Å². The summed E-state index contributed by atoms with van der Waals surface area (Å²) >= 11 is 1.73. The third-order valence-corrected chi connectivity index (χ3v) is 6.18. The van der Waals surface area contributed by atoms with Gasteiger partial charge in [-0.3, -0.25) is 4.79 Å². The van der Waals surface area contributed by atoms with E-state index in [9.17, 15) is 4.79 Å². The number of thioether (sulfide) groups is 1. The molecule has 0 atom stereocenters. The second kappa shape index (κ2) is 11.1. The molecule has 0 aliphatic heterocycles. The van der Waals surface area contributed by atoms with E-state index in [-0.39, 0.29) is 12.0 Å². The summed E-state index contributed by atoms with van der Waals surface area (Å²) in [4.78, 5) is 18.4. The Labute approximate surface area is 204 Å². The average Bonchev–Trinajstić information content (AvgIpc) is 3.23. The normalized spacial score (nSPS) is 10.9. The number of aryl methyl sites for hydroxylation is 1. The largest absolute Gasteiger partial charge is 0.491 e. The van der Waals surface area contributed by atoms with Gasteiger partial charge in [0.05, 0.1) is 11.8 Å². The molecule has 0 aliphatic carbocycles. The minimum Gasteiger partial charge on any atom is -0.491 e. The van der Waals surface area contributed by atoms with Crippen LogP contribution in [0.3, 0.4) is 0 Å². The van der Waals surface area contributed by atoms with Gasteiger partial charge in [0.25, 0.3) is 5.91 Å². The summed E-state index contributed by atoms with van der Waals surface area (Å²) in [5.74, 6) is 2.81. The van der Waals surface area contributed by atoms with Gasteiger partial charge in [0.15, 0.2) is 0 Å². The molecule has 0 fully saturated rings. The summed E-state index contributed by atoms with van der Waals surface area (Å²) in [6.07, 6.45) is 0.133. The number of rotatable bonds is 9. The zero-order valence-electron chi connectivity index (χ0n) is 19.6. The molecule has 0 aliphatic rings. The van der Waals surface area contributed by atoms with E-state index in [0.29, 0.717) is 18.0 Å². The fourth-order valence-corrected chi connectivity index (χ4v) is 4.28. The van der Waals surface area contributed by atoms with E-state index in [1.54, 1.807) is 23.9 Å². The lowest BCUT2D eigenvalue weighted by molar-refractivity contribution is 0.0951. The van der Waals surface area contributed by atoms with Crippen LogP contribution in [0.4, 0.5) is 0 Å². The van der Waals surface area contributed by atoms with Crippen molar-refractivity contribution in [1.29, 1.82) is 0 Å². The maximum absolute atomic E-state index is 12.6. The maximum atomic E-state index is 12.6. The Balaban J connectivity index is 1.34. The number of ether oxygens (including phenoxy) is 1. The van der Waals surface area contributed by atoms with Crippen LogP contribution >= 0.6 is 11.8 Å². The quantitative estimate of drug-likeness (QED) is 0.276. The van der Waals surface area contributed by atoms with Crippen molar-refractivity contribution in [3.63, 3.8) is 0 Å². The van der Waals surface area contributed by atoms with Crippen LogP contribution in [0.2, 0.25) is 0 Å². The third-order valence-electron chi connectivity index (χ3n) is 5.15. The van der Waals surface area contributed by atoms with E-state index in [2.05, 4.69) is 22.4 Å². The zero-order chi connectivity index (χ0) is 23.9. The smallest absolute Gasteiger partial charge is 0.251 e. The minimum absolute atomic E-state index is 0.127. The number of nitrogens with one attached hydrogen (secondary N) is 1. The average molecular weight is 473 g/mol. The van der Waals surface area contributed by atoms with E-state index in [4.69, 9.17) is 9.15 Å². The number of nitrogens with zero attached hydrogens (tertiary/aromatic N) is 1. The van der Waals surface area contributed by atoms with Gasteiger partial charge in [0, 0.05) is 28.3 Å². The Morgan fingerprint density at radius 2 is 1.71 bits per heavy atom. The summed E-state index contributed by atoms with van der Waals surface area (Å²) in [6.45, 7) is 6.36. The number of oxazole rings is 1. The van der Waals surface area contributed by atoms with Crippen LogP contribution in [0.1, 0.15) is 41.2 Å². The van der Waals surface area contributed by atoms with Crippen molar-refractivity contribution < 1.29 is 13.9 Å². The standard InChI is InChI=1S/C28H28N2O3S/c1-19(2)32-24-15-9-21(10-16-24)17-29-27(31)22-11-13-23(14-12-22)28-30-26(20(3)33-28)18-34-25-7-5-4-6-8-25/h4-16,19H,17-18H2,1-3H3,(H,29,31). The van der Waals surface area contributed by atoms with Crippen LogP contribution in [-0.4, -0.2) is 17.0 Å². The lowest BCUT2D eigenvalue weighted by Crippen LogP contribution is -2.22. The van der Waals surface area contributed by atoms with Crippen molar-refractivity contribution in [2.75, 3.05) is 0 Å². The summed E-state index contributed by atoms with van der Waals surface area (Å²) in [5.41, 5.74) is 3.37. The highest BCUT2D eigenvalue weighted by Crippen LogP contribution is 2.27. The first-order valence-electron chi connectivity index (χ1n) is 11.3. The molecule has 0 bridgehead atoms. The van der Waals surface area contributed by atoms with Gasteiger partial charge < -0.3 is 14.5 Å². The Morgan fingerprint density at radius 1 is 1.00 bits per heavy atom. The van der Waals surface area contributed by atoms with E-state index in [1.807, 2.05) is 75.4 Å². The van der Waals surface area contributed by atoms with Gasteiger partial charge >= 0.3 is 0 Å². The van der Waals surface area contributed by atoms with Gasteiger partial charge in [-0.2, -0.15) is 0 Å². The Kier molecular flexibility index (Phi) is 7.70. The number of benzene rings is 3. The van der Waals surface area contributed by atoms with Crippen molar-refractivity contribution in [3.8, 4) is 17.2 Å². The van der Waals surface area contributed by atoms with Gasteiger partial charge in [-0.1, -0.05) is 30.3 Å². The van der Waals surface area contributed by atoms with E-state index in [1.165, 1.54) is 4.90 Å². The molecule has 0 saturated heterocycles. The molecule has 4 rings (SSSR count). The van der Waals surface area contributed by atoms with Crippen molar-refractivity contribution >= 4 is 17.7 Å². The zero-order valence-corrected chi connectivity index (χ0v) is 20.4. The molecule has 0 unspecified atom stereocenters. The molecule has 34 heavy (non-hydrogen) atoms. The SMILES string of the molecule is Cc1oc(-c2ccc(C(=O)NCc3ccc(OC(C)C)cc3)cc2)nc1CSc1ccccc1. The predicted octanol–water partition coefficient (Wildman–Crippen LogP) is 6.66. The first-order chi connectivity index (χ1) is 16.5. The summed E-state index contributed by atoms with van der Waals surface area (Å²) < 4.78 is 11.5. The monoisotopic (exact) mass is 472 g/mol. The molecular formula is C28H28N2O3S. The molecule has 4 aromatic rings. The molecule has 5 nitrogen and oxygen atoms in total. The number of aromatic nitrogens is 1. The molecule has 0 saturated carbocycles. The van der Waals surface area contributed by atoms with Gasteiger partial charge in [-0.15, -0.1) is 11.8 Å². The van der Waals surface area contributed by atoms with Crippen LogP contribution in [0, 0.1) is 6.92 Å². The van der Waals surface area contributed by atoms with E-state index < -0.39 is 0 Å². The minimum atomic E-state index is -0.127. The molecule has 0 radical (unpaired) electrons. The molecule has 1 aromatic heterocycles. The molecule has 3 aromatic carbocycles. The molecule has 174 valence electrons. The number of hydrogen-bond donors (Lipinski definition) is 1. The van der Waals surface area contributed by atoms with Crippen molar-refractivity contribution in [2.24, 2.45) is 0 Å². The number of hydrogen-bond acceptors (Lipinski definition) is 5. The van der Waals surface area contributed by atoms with Crippen LogP contribution in [0.15, 0.2) is 88.2 Å². The fraction of sp³-hybridized carbons (Fsp3) is 0.214.